The van der Waals surface area contributed by atoms with Gasteiger partial charge in [-0.3, -0.25) is 14.5 Å². The Kier molecular flexibility index (Phi) is 3.43. The first kappa shape index (κ1) is 13.4. The maximum absolute atomic E-state index is 12.1. The molecule has 1 unspecified atom stereocenters. The Hall–Kier alpha value is -2.63. The number of amides is 2. The van der Waals surface area contributed by atoms with E-state index in [9.17, 15) is 9.59 Å². The van der Waals surface area contributed by atoms with Crippen molar-refractivity contribution in [2.45, 2.75) is 19.4 Å². The molecule has 1 saturated heterocycles. The summed E-state index contributed by atoms with van der Waals surface area (Å²) in [6.45, 7) is 2.21. The second-order valence-corrected chi connectivity index (χ2v) is 4.82. The fraction of sp³-hybridized carbons (Fsp3) is 0.267. The Morgan fingerprint density at radius 2 is 2.29 bits per heavy atom. The van der Waals surface area contributed by atoms with Gasteiger partial charge in [-0.2, -0.15) is 0 Å². The summed E-state index contributed by atoms with van der Waals surface area (Å²) in [6, 6.07) is 6.98. The number of likely N-dealkylation sites (tertiary alicyclic amines) is 1. The molecule has 0 radical (unpaired) electrons. The molecule has 0 spiro atoms. The normalized spacial score (nSPS) is 18.3. The summed E-state index contributed by atoms with van der Waals surface area (Å²) in [5.41, 5.74) is 1.63. The lowest BCUT2D eigenvalue weighted by molar-refractivity contribution is -0.138. The van der Waals surface area contributed by atoms with Gasteiger partial charge in [0.25, 0.3) is 5.91 Å². The number of carbonyl (C=O) groups is 2. The molecule has 6 heteroatoms. The molecule has 2 heterocycles. The minimum absolute atomic E-state index is 0.133. The SMILES string of the molecule is CCN1C(=O)CC(Nc2cccc(-c3cnco3)c2)C1=O. The third-order valence-electron chi connectivity index (χ3n) is 3.48. The molecule has 2 aromatic rings. The van der Waals surface area contributed by atoms with Gasteiger partial charge in [-0.15, -0.1) is 0 Å². The predicted octanol–water partition coefficient (Wildman–Crippen LogP) is 1.90. The third-order valence-corrected chi connectivity index (χ3v) is 3.48. The van der Waals surface area contributed by atoms with E-state index in [0.717, 1.165) is 11.3 Å². The van der Waals surface area contributed by atoms with Crippen molar-refractivity contribution in [2.24, 2.45) is 0 Å². The average molecular weight is 285 g/mol. The lowest BCUT2D eigenvalue weighted by Crippen LogP contribution is -2.34. The molecule has 1 fully saturated rings. The van der Waals surface area contributed by atoms with Crippen LogP contribution >= 0.6 is 0 Å². The Morgan fingerprint density at radius 1 is 1.43 bits per heavy atom. The Balaban J connectivity index is 1.79. The van der Waals surface area contributed by atoms with Crippen molar-refractivity contribution in [3.05, 3.63) is 36.9 Å². The average Bonchev–Trinajstić information content (AvgIpc) is 3.09. The molecule has 0 bridgehead atoms. The summed E-state index contributed by atoms with van der Waals surface area (Å²) in [5, 5.41) is 3.11. The van der Waals surface area contributed by atoms with Crippen molar-refractivity contribution in [1.29, 1.82) is 0 Å². The number of aromatic nitrogens is 1. The fourth-order valence-electron chi connectivity index (χ4n) is 2.45. The topological polar surface area (TPSA) is 75.4 Å². The zero-order chi connectivity index (χ0) is 14.8. The lowest BCUT2D eigenvalue weighted by Gasteiger charge is -2.14. The van der Waals surface area contributed by atoms with Gasteiger partial charge in [0.2, 0.25) is 5.91 Å². The number of benzene rings is 1. The van der Waals surface area contributed by atoms with E-state index < -0.39 is 6.04 Å². The number of imide groups is 1. The molecule has 3 rings (SSSR count). The Morgan fingerprint density at radius 3 is 2.95 bits per heavy atom. The van der Waals surface area contributed by atoms with Crippen molar-refractivity contribution < 1.29 is 14.0 Å². The van der Waals surface area contributed by atoms with Crippen LogP contribution < -0.4 is 5.32 Å². The van der Waals surface area contributed by atoms with Crippen molar-refractivity contribution in [2.75, 3.05) is 11.9 Å². The van der Waals surface area contributed by atoms with Crippen molar-refractivity contribution in [1.82, 2.24) is 9.88 Å². The first-order valence-corrected chi connectivity index (χ1v) is 6.78. The first-order valence-electron chi connectivity index (χ1n) is 6.78. The summed E-state index contributed by atoms with van der Waals surface area (Å²) in [5.74, 6) is 0.349. The summed E-state index contributed by atoms with van der Waals surface area (Å²) in [7, 11) is 0. The molecule has 0 aliphatic carbocycles. The van der Waals surface area contributed by atoms with Crippen LogP contribution in [0.1, 0.15) is 13.3 Å². The monoisotopic (exact) mass is 285 g/mol. The van der Waals surface area contributed by atoms with Crippen molar-refractivity contribution in [3.8, 4) is 11.3 Å². The quantitative estimate of drug-likeness (QED) is 0.868. The van der Waals surface area contributed by atoms with Gasteiger partial charge in [0.15, 0.2) is 12.2 Å². The van der Waals surface area contributed by atoms with E-state index in [4.69, 9.17) is 4.42 Å². The minimum Gasteiger partial charge on any atom is -0.444 e. The molecule has 2 amide bonds. The zero-order valence-electron chi connectivity index (χ0n) is 11.6. The van der Waals surface area contributed by atoms with E-state index in [1.807, 2.05) is 24.3 Å². The number of rotatable bonds is 4. The van der Waals surface area contributed by atoms with E-state index in [-0.39, 0.29) is 18.2 Å². The van der Waals surface area contributed by atoms with Gasteiger partial charge in [0.1, 0.15) is 6.04 Å². The smallest absolute Gasteiger partial charge is 0.252 e. The van der Waals surface area contributed by atoms with Crippen LogP contribution in [0.4, 0.5) is 5.69 Å². The van der Waals surface area contributed by atoms with E-state index in [0.29, 0.717) is 12.3 Å². The van der Waals surface area contributed by atoms with Crippen LogP contribution in [0.5, 0.6) is 0 Å². The Bertz CT molecular complexity index is 667. The largest absolute Gasteiger partial charge is 0.444 e. The molecule has 6 nitrogen and oxygen atoms in total. The molecule has 1 aliphatic rings. The molecular weight excluding hydrogens is 270 g/mol. The second kappa shape index (κ2) is 5.40. The maximum Gasteiger partial charge on any atom is 0.252 e. The van der Waals surface area contributed by atoms with Crippen LogP contribution in [0.2, 0.25) is 0 Å². The number of oxazole rings is 1. The van der Waals surface area contributed by atoms with Crippen LogP contribution in [-0.4, -0.2) is 34.3 Å². The fourth-order valence-corrected chi connectivity index (χ4v) is 2.45. The summed E-state index contributed by atoms with van der Waals surface area (Å²) in [6.07, 6.45) is 3.19. The van der Waals surface area contributed by atoms with Crippen molar-refractivity contribution >= 4 is 17.5 Å². The highest BCUT2D eigenvalue weighted by Crippen LogP contribution is 2.24. The highest BCUT2D eigenvalue weighted by Gasteiger charge is 2.37. The summed E-state index contributed by atoms with van der Waals surface area (Å²) in [4.78, 5) is 28.9. The Labute approximate surface area is 121 Å². The molecule has 1 aromatic carbocycles. The molecule has 1 aromatic heterocycles. The predicted molar refractivity (Wildman–Crippen MR) is 76.4 cm³/mol. The van der Waals surface area contributed by atoms with Crippen LogP contribution in [0.15, 0.2) is 41.3 Å². The molecular formula is C15H15N3O3. The standard InChI is InChI=1S/C15H15N3O3/c1-2-18-14(19)7-12(15(18)20)17-11-5-3-4-10(6-11)13-8-16-9-21-13/h3-6,8-9,12,17H,2,7H2,1H3. The molecule has 0 saturated carbocycles. The highest BCUT2D eigenvalue weighted by molar-refractivity contribution is 6.06. The van der Waals surface area contributed by atoms with Gasteiger partial charge in [0, 0.05) is 17.8 Å². The van der Waals surface area contributed by atoms with E-state index in [1.54, 1.807) is 13.1 Å². The van der Waals surface area contributed by atoms with E-state index in [1.165, 1.54) is 11.3 Å². The zero-order valence-corrected chi connectivity index (χ0v) is 11.6. The molecule has 1 N–H and O–H groups in total. The second-order valence-electron chi connectivity index (χ2n) is 4.82. The minimum atomic E-state index is -0.498. The van der Waals surface area contributed by atoms with Gasteiger partial charge < -0.3 is 9.73 Å². The number of anilines is 1. The summed E-state index contributed by atoms with van der Waals surface area (Å²) >= 11 is 0. The van der Waals surface area contributed by atoms with Crippen LogP contribution in [0, 0.1) is 0 Å². The number of hydrogen-bond acceptors (Lipinski definition) is 5. The van der Waals surface area contributed by atoms with Crippen LogP contribution in [-0.2, 0) is 9.59 Å². The van der Waals surface area contributed by atoms with Gasteiger partial charge in [-0.1, -0.05) is 12.1 Å². The first-order chi connectivity index (χ1) is 10.2. The number of hydrogen-bond donors (Lipinski definition) is 1. The summed E-state index contributed by atoms with van der Waals surface area (Å²) < 4.78 is 5.25. The maximum atomic E-state index is 12.1. The van der Waals surface area contributed by atoms with E-state index >= 15 is 0 Å². The lowest BCUT2D eigenvalue weighted by atomic mass is 10.1. The number of nitrogens with zero attached hydrogens (tertiary/aromatic N) is 2. The highest BCUT2D eigenvalue weighted by atomic mass is 16.3. The van der Waals surface area contributed by atoms with Crippen molar-refractivity contribution in [3.63, 3.8) is 0 Å². The molecule has 108 valence electrons. The van der Waals surface area contributed by atoms with Gasteiger partial charge in [-0.05, 0) is 19.1 Å². The number of nitrogens with one attached hydrogen (secondary N) is 1. The van der Waals surface area contributed by atoms with Crippen LogP contribution in [0.3, 0.4) is 0 Å². The van der Waals surface area contributed by atoms with Crippen LogP contribution in [0.25, 0.3) is 11.3 Å². The molecule has 1 aliphatic heterocycles. The van der Waals surface area contributed by atoms with Gasteiger partial charge >= 0.3 is 0 Å². The number of likely N-dealkylation sites (N-methyl/N-ethyl adjacent to an activating group) is 1. The molecule has 21 heavy (non-hydrogen) atoms. The molecule has 1 atom stereocenters. The van der Waals surface area contributed by atoms with Gasteiger partial charge in [-0.25, -0.2) is 4.98 Å². The van der Waals surface area contributed by atoms with E-state index in [2.05, 4.69) is 10.3 Å². The third kappa shape index (κ3) is 2.52. The number of carbonyl (C=O) groups excluding carboxylic acids is 2. The van der Waals surface area contributed by atoms with Gasteiger partial charge in [0.05, 0.1) is 12.6 Å².